The third kappa shape index (κ3) is 4.57. The van der Waals surface area contributed by atoms with Gasteiger partial charge in [-0.25, -0.2) is 4.98 Å². The van der Waals surface area contributed by atoms with Crippen molar-refractivity contribution in [1.29, 1.82) is 0 Å². The van der Waals surface area contributed by atoms with Crippen LogP contribution in [0.15, 0.2) is 73.1 Å². The fraction of sp³-hybridized carbons (Fsp3) is 0.385. The molecule has 1 aliphatic carbocycles. The lowest BCUT2D eigenvalue weighted by molar-refractivity contribution is -0.142. The Labute approximate surface area is 184 Å². The predicted molar refractivity (Wildman–Crippen MR) is 121 cm³/mol. The van der Waals surface area contributed by atoms with Gasteiger partial charge in [0, 0.05) is 57.5 Å². The van der Waals surface area contributed by atoms with Crippen molar-refractivity contribution in [2.45, 2.75) is 25.9 Å². The van der Waals surface area contributed by atoms with Crippen molar-refractivity contribution in [2.75, 3.05) is 19.6 Å². The van der Waals surface area contributed by atoms with Gasteiger partial charge < -0.3 is 9.88 Å². The molecule has 3 aromatic rings. The van der Waals surface area contributed by atoms with Crippen molar-refractivity contribution in [1.82, 2.24) is 19.8 Å². The molecule has 160 valence electrons. The molecule has 5 heteroatoms. The van der Waals surface area contributed by atoms with Gasteiger partial charge in [0.2, 0.25) is 5.91 Å². The second-order valence-corrected chi connectivity index (χ2v) is 8.96. The Kier molecular flexibility index (Phi) is 5.85. The molecular weight excluding hydrogens is 384 g/mol. The molecule has 3 fully saturated rings. The second kappa shape index (κ2) is 9.06. The zero-order valence-corrected chi connectivity index (χ0v) is 17.9. The van der Waals surface area contributed by atoms with Crippen LogP contribution in [0.3, 0.4) is 0 Å². The van der Waals surface area contributed by atoms with E-state index in [4.69, 9.17) is 0 Å². The van der Waals surface area contributed by atoms with Crippen LogP contribution < -0.4 is 5.32 Å². The molecule has 0 unspecified atom stereocenters. The van der Waals surface area contributed by atoms with Crippen LogP contribution in [0.2, 0.25) is 0 Å². The molecule has 2 aliphatic heterocycles. The number of nitrogens with one attached hydrogen (secondary N) is 1. The minimum atomic E-state index is 0.191. The number of aromatic nitrogens is 2. The molecule has 0 spiro atoms. The van der Waals surface area contributed by atoms with Gasteiger partial charge in [-0.2, -0.15) is 0 Å². The van der Waals surface area contributed by atoms with Crippen molar-refractivity contribution < 1.29 is 4.79 Å². The number of hydrogen-bond donors (Lipinski definition) is 1. The Morgan fingerprint density at radius 2 is 1.58 bits per heavy atom. The van der Waals surface area contributed by atoms with Gasteiger partial charge in [0.05, 0.1) is 0 Å². The van der Waals surface area contributed by atoms with Crippen LogP contribution in [0.1, 0.15) is 23.4 Å². The Hall–Kier alpha value is -2.92. The lowest BCUT2D eigenvalue weighted by Gasteiger charge is -2.52. The molecule has 1 aromatic heterocycles. The third-order valence-electron chi connectivity index (χ3n) is 6.80. The number of benzene rings is 2. The number of carbonyl (C=O) groups is 1. The molecule has 6 rings (SSSR count). The first-order valence-electron chi connectivity index (χ1n) is 11.3. The Morgan fingerprint density at radius 3 is 2.26 bits per heavy atom. The summed E-state index contributed by atoms with van der Waals surface area (Å²) in [5.74, 6) is 2.45. The summed E-state index contributed by atoms with van der Waals surface area (Å²) in [7, 11) is 0. The first-order valence-corrected chi connectivity index (χ1v) is 11.3. The maximum absolute atomic E-state index is 12.9. The van der Waals surface area contributed by atoms with E-state index >= 15 is 0 Å². The van der Waals surface area contributed by atoms with Crippen LogP contribution in [0.5, 0.6) is 0 Å². The van der Waals surface area contributed by atoms with E-state index in [2.05, 4.69) is 74.4 Å². The topological polar surface area (TPSA) is 50.2 Å². The summed E-state index contributed by atoms with van der Waals surface area (Å²) < 4.78 is 2.17. The molecule has 3 aliphatic rings. The van der Waals surface area contributed by atoms with Crippen molar-refractivity contribution in [2.24, 2.45) is 17.8 Å². The maximum atomic E-state index is 12.9. The summed E-state index contributed by atoms with van der Waals surface area (Å²) in [6.45, 7) is 4.52. The van der Waals surface area contributed by atoms with Crippen LogP contribution >= 0.6 is 0 Å². The largest absolute Gasteiger partial charge is 0.355 e. The molecule has 1 saturated carbocycles. The minimum Gasteiger partial charge on any atom is -0.355 e. The summed E-state index contributed by atoms with van der Waals surface area (Å²) in [5.41, 5.74) is 2.61. The highest BCUT2D eigenvalue weighted by atomic mass is 16.2. The smallest absolute Gasteiger partial charge is 0.223 e. The van der Waals surface area contributed by atoms with Gasteiger partial charge in [-0.15, -0.1) is 0 Å². The van der Waals surface area contributed by atoms with Gasteiger partial charge in [0.25, 0.3) is 0 Å². The summed E-state index contributed by atoms with van der Waals surface area (Å²) in [6.07, 6.45) is 5.82. The highest BCUT2D eigenvalue weighted by molar-refractivity contribution is 5.80. The molecule has 1 amide bonds. The van der Waals surface area contributed by atoms with Gasteiger partial charge in [0.15, 0.2) is 0 Å². The quantitative estimate of drug-likeness (QED) is 0.615. The number of hydrogen-bond acceptors (Lipinski definition) is 3. The number of rotatable bonds is 8. The van der Waals surface area contributed by atoms with E-state index in [0.29, 0.717) is 18.4 Å². The predicted octanol–water partition coefficient (Wildman–Crippen LogP) is 3.36. The van der Waals surface area contributed by atoms with Crippen molar-refractivity contribution in [3.8, 4) is 0 Å². The van der Waals surface area contributed by atoms with Crippen molar-refractivity contribution >= 4 is 5.91 Å². The minimum absolute atomic E-state index is 0.191. The van der Waals surface area contributed by atoms with E-state index in [1.165, 1.54) is 17.5 Å². The van der Waals surface area contributed by atoms with Crippen LogP contribution in [0, 0.1) is 17.8 Å². The molecule has 2 atom stereocenters. The van der Waals surface area contributed by atoms with Gasteiger partial charge >= 0.3 is 0 Å². The number of carbonyl (C=O) groups excluding carboxylic acids is 1. The van der Waals surface area contributed by atoms with Crippen LogP contribution in [0.4, 0.5) is 0 Å². The second-order valence-electron chi connectivity index (χ2n) is 8.96. The number of imidazole rings is 1. The average molecular weight is 415 g/mol. The number of fused-ring (bicyclic) bond motifs is 2. The average Bonchev–Trinajstić information content (AvgIpc) is 3.22. The molecule has 2 aromatic carbocycles. The number of nitrogens with zero attached hydrogens (tertiary/aromatic N) is 3. The lowest BCUT2D eigenvalue weighted by Crippen LogP contribution is -2.59. The fourth-order valence-electron chi connectivity index (χ4n) is 5.29. The van der Waals surface area contributed by atoms with Crippen molar-refractivity contribution in [3.05, 3.63) is 90.0 Å². The summed E-state index contributed by atoms with van der Waals surface area (Å²) >= 11 is 0. The zero-order chi connectivity index (χ0) is 21.0. The van der Waals surface area contributed by atoms with Crippen LogP contribution in [-0.4, -0.2) is 40.0 Å². The van der Waals surface area contributed by atoms with E-state index in [0.717, 1.165) is 38.4 Å². The van der Waals surface area contributed by atoms with Crippen molar-refractivity contribution in [3.63, 3.8) is 0 Å². The molecule has 2 bridgehead atoms. The Balaban J connectivity index is 1.09. The molecule has 1 N–H and O–H groups in total. The molecule has 5 nitrogen and oxygen atoms in total. The van der Waals surface area contributed by atoms with Gasteiger partial charge in [-0.1, -0.05) is 60.7 Å². The normalized spacial score (nSPS) is 22.6. The number of piperidine rings is 2. The third-order valence-corrected chi connectivity index (χ3v) is 6.80. The maximum Gasteiger partial charge on any atom is 0.223 e. The lowest BCUT2D eigenvalue weighted by atomic mass is 9.61. The summed E-state index contributed by atoms with van der Waals surface area (Å²) in [4.78, 5) is 19.9. The van der Waals surface area contributed by atoms with Gasteiger partial charge in [0.1, 0.15) is 5.82 Å². The Morgan fingerprint density at radius 1 is 0.935 bits per heavy atom. The van der Waals surface area contributed by atoms with Gasteiger partial charge in [-0.05, 0) is 29.4 Å². The Bertz CT molecular complexity index is 989. The molecular formula is C26H30N4O. The first kappa shape index (κ1) is 20.0. The van der Waals surface area contributed by atoms with Crippen LogP contribution in [0.25, 0.3) is 0 Å². The highest BCUT2D eigenvalue weighted by Crippen LogP contribution is 2.45. The monoisotopic (exact) mass is 414 g/mol. The van der Waals surface area contributed by atoms with E-state index in [1.54, 1.807) is 0 Å². The zero-order valence-electron chi connectivity index (χ0n) is 17.9. The van der Waals surface area contributed by atoms with Crippen LogP contribution in [-0.2, 0) is 24.3 Å². The molecule has 3 heterocycles. The van der Waals surface area contributed by atoms with E-state index in [9.17, 15) is 4.79 Å². The summed E-state index contributed by atoms with van der Waals surface area (Å²) in [6, 6.07) is 21.0. The van der Waals surface area contributed by atoms with Gasteiger partial charge in [-0.3, -0.25) is 9.69 Å². The number of amides is 1. The van der Waals surface area contributed by atoms with E-state index in [1.807, 2.05) is 18.5 Å². The fourth-order valence-corrected chi connectivity index (χ4v) is 5.29. The summed E-state index contributed by atoms with van der Waals surface area (Å²) in [5, 5.41) is 3.20. The first-order chi connectivity index (χ1) is 15.3. The molecule has 0 radical (unpaired) electrons. The van der Waals surface area contributed by atoms with E-state index < -0.39 is 0 Å². The SMILES string of the molecule is O=C(NCCc1nccn1Cc1ccccc1)C1[C@H]2C[C@H]1CN(Cc1ccccc1)C2. The molecule has 31 heavy (non-hydrogen) atoms. The van der Waals surface area contributed by atoms with E-state index in [-0.39, 0.29) is 11.8 Å². The highest BCUT2D eigenvalue weighted by Gasteiger charge is 2.49. The standard InChI is InChI=1S/C26H30N4O/c31-26(25-22-15-23(25)19-29(18-22)16-20-7-3-1-4-8-20)28-12-11-24-27-13-14-30(24)17-21-9-5-2-6-10-21/h1-10,13-14,22-23,25H,11-12,15-19H2,(H,28,31)/t22-,23-/m0/s1. The molecule has 2 saturated heterocycles.